The van der Waals surface area contributed by atoms with Crippen LogP contribution in [0.25, 0.3) is 0 Å². The predicted octanol–water partition coefficient (Wildman–Crippen LogP) is -12.6. The number of rotatable bonds is 32. The van der Waals surface area contributed by atoms with E-state index in [1.807, 2.05) is 0 Å². The number of ether oxygens (including phenoxy) is 12. The number of carboxylic acid groups (broad SMARTS) is 1. The number of aliphatic hydroxyl groups is 15. The third-order valence-electron chi connectivity index (χ3n) is 17.5. The van der Waals surface area contributed by atoms with Crippen LogP contribution in [-0.2, 0) is 101 Å². The molecular formula is C57H82N6O39P-. The van der Waals surface area contributed by atoms with Crippen LogP contribution in [0.2, 0.25) is 0 Å². The van der Waals surface area contributed by atoms with Crippen LogP contribution in [0.4, 0.5) is 5.82 Å². The molecule has 6 saturated heterocycles. The van der Waals surface area contributed by atoms with Crippen LogP contribution in [0.5, 0.6) is 0 Å². The van der Waals surface area contributed by atoms with Crippen molar-refractivity contribution in [2.45, 2.75) is 211 Å². The molecule has 11 unspecified atom stereocenters. The number of hydrogen-bond acceptors (Lipinski definition) is 40. The van der Waals surface area contributed by atoms with Crippen molar-refractivity contribution in [2.24, 2.45) is 5.92 Å². The zero-order valence-electron chi connectivity index (χ0n) is 54.2. The van der Waals surface area contributed by atoms with Gasteiger partial charge in [0, 0.05) is 44.5 Å². The van der Waals surface area contributed by atoms with Crippen LogP contribution in [-0.4, -0.2) is 339 Å². The van der Waals surface area contributed by atoms with Crippen molar-refractivity contribution in [3.05, 3.63) is 58.1 Å². The molecule has 580 valence electrons. The number of aliphatic hydroxyl groups excluding tert-OH is 15. The maximum Gasteiger partial charge on any atom is 0.364 e. The summed E-state index contributed by atoms with van der Waals surface area (Å²) in [5.41, 5.74) is 4.96. The predicted molar refractivity (Wildman–Crippen MR) is 320 cm³/mol. The highest BCUT2D eigenvalue weighted by Gasteiger charge is 2.60. The van der Waals surface area contributed by atoms with Crippen molar-refractivity contribution in [3.8, 4) is 0 Å². The maximum atomic E-state index is 13.3. The molecule has 46 heteroatoms. The van der Waals surface area contributed by atoms with Crippen molar-refractivity contribution >= 4 is 50.3 Å². The van der Waals surface area contributed by atoms with Gasteiger partial charge in [-0.2, -0.15) is 4.98 Å². The van der Waals surface area contributed by atoms with E-state index in [2.05, 4.69) is 20.9 Å². The molecule has 1 aromatic carbocycles. The van der Waals surface area contributed by atoms with Gasteiger partial charge in [0.15, 0.2) is 43.6 Å². The van der Waals surface area contributed by atoms with E-state index < -0.39 is 260 Å². The first kappa shape index (κ1) is 82.5. The van der Waals surface area contributed by atoms with Crippen molar-refractivity contribution < 1.29 is 186 Å². The molecule has 21 N–H and O–H groups in total. The highest BCUT2D eigenvalue weighted by Crippen LogP contribution is 2.50. The van der Waals surface area contributed by atoms with Crippen LogP contribution in [0.3, 0.4) is 0 Å². The number of aryl methyl sites for hydroxylation is 1. The lowest BCUT2D eigenvalue weighted by Gasteiger charge is -2.49. The highest BCUT2D eigenvalue weighted by molar-refractivity contribution is 7.46. The molecular weight excluding hydrogens is 1420 g/mol. The topological polar surface area (TPSA) is 692 Å². The second kappa shape index (κ2) is 35.9. The average molecular weight is 1510 g/mol. The summed E-state index contributed by atoms with van der Waals surface area (Å²) in [7, 11) is -5.93. The van der Waals surface area contributed by atoms with Gasteiger partial charge in [0.1, 0.15) is 109 Å². The van der Waals surface area contributed by atoms with Crippen molar-refractivity contribution in [3.63, 3.8) is 0 Å². The Balaban J connectivity index is 0.838. The standard InChI is InChI=1S/C57H83N6O39P/c1-20(69)60-31-36(76)34(74)27(15-65)94-49(31)97-46-39(79)42(82)52(100-54(46)91-19-68)96-44-28(16-66)95-50(32(37(44)77)61-21(2)70)98-45-38(78)41(81)51(99-53(45)90-18-67)89-12-10-59-47(83)23-6-3-22(4-7-23)5-8-24-25(71)13-57(55(84)85,101-43(24)33(73)26(72)14-64)102-103(87,88)92-17-29-35(75)40(80)48(93-29)63-11-9-30(58)62-56(63)86/h3-4,6-7,9,11,18-19,24-29,31-46,48-54,64-66,71-82H,5,8,10,12-17H2,1-2H3,(H,59,83)(H,60,69)(H,61,70)(H,84,85)(H,87,88)(H2,58,62,86)/p-1/t24-,25-,26-,27?,28?,29-,31+,32+,33-,34-,35+,36?,37?,38?,39?,40?,41+,42+,43?,44-,45+,46+,48-,49-,50-,51-,52-,53?,54?,57-/m1/s1. The maximum absolute atomic E-state index is 13.3. The number of nitrogen functional groups attached to an aromatic ring is 1. The van der Waals surface area contributed by atoms with Gasteiger partial charge in [0.2, 0.25) is 24.4 Å². The number of anilines is 1. The second-order valence-corrected chi connectivity index (χ2v) is 25.8. The first-order chi connectivity index (χ1) is 48.7. The third-order valence-corrected chi connectivity index (χ3v) is 18.4. The summed E-state index contributed by atoms with van der Waals surface area (Å²) in [6.45, 7) is -3.39. The Labute approximate surface area is 580 Å². The number of hydrogen-bond donors (Lipinski definition) is 20. The molecule has 0 saturated carbocycles. The summed E-state index contributed by atoms with van der Waals surface area (Å²) in [5.74, 6) is -9.42. The summed E-state index contributed by atoms with van der Waals surface area (Å²) >= 11 is 0. The van der Waals surface area contributed by atoms with E-state index in [0.717, 1.165) is 30.7 Å². The Morgan fingerprint density at radius 1 is 0.709 bits per heavy atom. The van der Waals surface area contributed by atoms with E-state index in [0.29, 0.717) is 5.56 Å². The zero-order valence-corrected chi connectivity index (χ0v) is 55.1. The van der Waals surface area contributed by atoms with Gasteiger partial charge < -0.3 is 170 Å². The molecule has 2 aromatic rings. The molecule has 0 aliphatic carbocycles. The Morgan fingerprint density at radius 3 is 1.82 bits per heavy atom. The number of nitrogens with two attached hydrogens (primary N) is 1. The molecule has 6 fully saturated rings. The van der Waals surface area contributed by atoms with Crippen LogP contribution in [0, 0.1) is 5.92 Å². The molecule has 103 heavy (non-hydrogen) atoms. The number of carbonyl (C=O) groups is 6. The molecule has 6 aliphatic heterocycles. The number of phosphoric acid groups is 1. The minimum absolute atomic E-state index is 0.0329. The summed E-state index contributed by atoms with van der Waals surface area (Å²) in [5, 5.41) is 180. The van der Waals surface area contributed by atoms with Gasteiger partial charge in [-0.15, -0.1) is 0 Å². The minimum atomic E-state index is -5.93. The van der Waals surface area contributed by atoms with E-state index in [-0.39, 0.29) is 43.7 Å². The van der Waals surface area contributed by atoms with Gasteiger partial charge in [-0.3, -0.25) is 37.6 Å². The zero-order chi connectivity index (χ0) is 75.7. The summed E-state index contributed by atoms with van der Waals surface area (Å²) in [6, 6.07) is 3.35. The van der Waals surface area contributed by atoms with Gasteiger partial charge >= 0.3 is 11.7 Å². The number of phosphoric ester groups is 1. The third kappa shape index (κ3) is 19.3. The van der Waals surface area contributed by atoms with Gasteiger partial charge in [-0.05, 0) is 36.6 Å². The van der Waals surface area contributed by atoms with Crippen LogP contribution >= 0.6 is 7.82 Å². The number of carbonyl (C=O) groups excluding carboxylic acids is 5. The largest absolute Gasteiger partial charge is 0.756 e. The monoisotopic (exact) mass is 1510 g/mol. The number of nitrogens with zero attached hydrogens (tertiary/aromatic N) is 2. The molecule has 0 bridgehead atoms. The van der Waals surface area contributed by atoms with Crippen LogP contribution in [0.1, 0.15) is 48.8 Å². The molecule has 3 amide bonds. The summed E-state index contributed by atoms with van der Waals surface area (Å²) < 4.78 is 90.3. The number of carboxylic acids is 1. The van der Waals surface area contributed by atoms with Gasteiger partial charge in [-0.25, -0.2) is 9.59 Å². The number of aliphatic carboxylic acids is 1. The summed E-state index contributed by atoms with van der Waals surface area (Å²) in [6.07, 6.45) is -51.1. The Hall–Kier alpha value is -6.17. The summed E-state index contributed by atoms with van der Waals surface area (Å²) in [4.78, 5) is 103. The quantitative estimate of drug-likeness (QED) is 0.0184. The van der Waals surface area contributed by atoms with Crippen molar-refractivity contribution in [2.75, 3.05) is 45.3 Å². The van der Waals surface area contributed by atoms with Gasteiger partial charge in [0.25, 0.3) is 32.5 Å². The van der Waals surface area contributed by atoms with Crippen molar-refractivity contribution in [1.82, 2.24) is 25.5 Å². The second-order valence-electron chi connectivity index (χ2n) is 24.5. The fourth-order valence-electron chi connectivity index (χ4n) is 12.2. The Morgan fingerprint density at radius 2 is 1.26 bits per heavy atom. The van der Waals surface area contributed by atoms with E-state index in [1.54, 1.807) is 0 Å². The minimum Gasteiger partial charge on any atom is -0.756 e. The highest BCUT2D eigenvalue weighted by atomic mass is 31.2. The lowest BCUT2D eigenvalue weighted by atomic mass is 9.80. The van der Waals surface area contributed by atoms with E-state index in [9.17, 15) is 125 Å². The van der Waals surface area contributed by atoms with Gasteiger partial charge in [0.05, 0.1) is 45.2 Å². The average Bonchev–Trinajstić information content (AvgIpc) is 1.34. The molecule has 8 rings (SSSR count). The van der Waals surface area contributed by atoms with E-state index in [1.165, 1.54) is 24.3 Å². The Bertz CT molecular complexity index is 3280. The van der Waals surface area contributed by atoms with E-state index in [4.69, 9.17) is 71.6 Å². The van der Waals surface area contributed by atoms with E-state index >= 15 is 0 Å². The van der Waals surface area contributed by atoms with Crippen LogP contribution in [0.15, 0.2) is 41.3 Å². The number of nitrogens with one attached hydrogen (secondary N) is 3. The Kier molecular flexibility index (Phi) is 28.8. The first-order valence-electron chi connectivity index (χ1n) is 31.6. The number of benzene rings is 1. The normalized spacial score (nSPS) is 38.8. The molecule has 6 aliphatic rings. The number of aromatic nitrogens is 2. The lowest BCUT2D eigenvalue weighted by molar-refractivity contribution is -0.398. The smallest absolute Gasteiger partial charge is 0.364 e. The molecule has 0 radical (unpaired) electrons. The molecule has 45 nitrogen and oxygen atoms in total. The van der Waals surface area contributed by atoms with Gasteiger partial charge in [-0.1, -0.05) is 12.1 Å². The first-order valence-corrected chi connectivity index (χ1v) is 33.0. The molecule has 7 heterocycles. The number of amides is 3. The van der Waals surface area contributed by atoms with Crippen molar-refractivity contribution in [1.29, 1.82) is 0 Å². The SMILES string of the molecule is CC(=O)N[C@H]1C(O)[C@H](O)C(CO)O[C@@H]1O[C@@H]1C(OC=O)O[C@@H](O[C@@H]2C(CO)O[C@H](O[C@@H]3C(OC=O)O[C@@H](OCCNC(=O)c4ccc(CC[C@H]5C([C@H](O)[C@H](O)CO)O[C@](OP(=O)([O-])OC[C@H]6O[C@@H](n7ccc(N)nc7=O)C(O)[C@H]6O)(C(=O)O)C[C@H]5O)cc4)[C@@H](O)C3O)[C@@H](NC(C)=O)C2O)[C@@H](O)C1O. The fraction of sp³-hybridized carbons (Fsp3) is 0.719. The molecule has 31 atom stereocenters. The molecule has 1 aromatic heterocycles. The van der Waals surface area contributed by atoms with Crippen LogP contribution < -0.4 is 32.3 Å². The lowest BCUT2D eigenvalue weighted by Crippen LogP contribution is -2.70. The molecule has 0 spiro atoms. The fourth-order valence-corrected chi connectivity index (χ4v) is 13.1.